The molecule has 1 N–H and O–H groups in total. The number of methoxy groups -OCH3 is 2. The van der Waals surface area contributed by atoms with Crippen LogP contribution in [0.15, 0.2) is 28.4 Å². The van der Waals surface area contributed by atoms with Gasteiger partial charge in [-0.2, -0.15) is 0 Å². The van der Waals surface area contributed by atoms with Gasteiger partial charge in [-0.05, 0) is 50.8 Å². The zero-order valence-electron chi connectivity index (χ0n) is 17.4. The van der Waals surface area contributed by atoms with Crippen molar-refractivity contribution in [2.24, 2.45) is 10.9 Å². The Labute approximate surface area is 163 Å². The van der Waals surface area contributed by atoms with Crippen molar-refractivity contribution in [1.29, 1.82) is 0 Å². The Bertz CT molecular complexity index is 729. The summed E-state index contributed by atoms with van der Waals surface area (Å²) in [4.78, 5) is 7.71. The molecule has 1 aromatic carbocycles. The second kappa shape index (κ2) is 8.79. The van der Waals surface area contributed by atoms with Gasteiger partial charge in [0.25, 0.3) is 0 Å². The summed E-state index contributed by atoms with van der Waals surface area (Å²) in [6.07, 6.45) is 3.57. The van der Waals surface area contributed by atoms with E-state index < -0.39 is 0 Å². The maximum absolute atomic E-state index is 5.58. The second-order valence-electron chi connectivity index (χ2n) is 7.49. The monoisotopic (exact) mass is 371 g/mol. The first-order chi connectivity index (χ1) is 13.1. The maximum Gasteiger partial charge on any atom is 0.161 e. The van der Waals surface area contributed by atoms with Crippen molar-refractivity contribution in [3.05, 3.63) is 34.5 Å². The molecule has 0 spiro atoms. The molecule has 1 aliphatic carbocycles. The van der Waals surface area contributed by atoms with Crippen molar-refractivity contribution in [3.8, 4) is 11.5 Å². The molecule has 0 atom stereocenters. The van der Waals surface area contributed by atoms with E-state index in [4.69, 9.17) is 14.5 Å². The van der Waals surface area contributed by atoms with Gasteiger partial charge in [0.05, 0.1) is 14.2 Å². The summed E-state index contributed by atoms with van der Waals surface area (Å²) in [5.41, 5.74) is 4.99. The van der Waals surface area contributed by atoms with E-state index in [1.165, 1.54) is 24.1 Å². The van der Waals surface area contributed by atoms with Gasteiger partial charge >= 0.3 is 0 Å². The van der Waals surface area contributed by atoms with Crippen molar-refractivity contribution in [3.63, 3.8) is 0 Å². The Morgan fingerprint density at radius 3 is 2.33 bits per heavy atom. The number of allylic oxidation sites excluding steroid dienone is 2. The van der Waals surface area contributed by atoms with Crippen LogP contribution in [0.3, 0.4) is 0 Å². The van der Waals surface area contributed by atoms with Crippen LogP contribution in [0.25, 0.3) is 0 Å². The number of rotatable bonds is 6. The highest BCUT2D eigenvalue weighted by Crippen LogP contribution is 2.40. The van der Waals surface area contributed by atoms with E-state index in [0.29, 0.717) is 5.92 Å². The van der Waals surface area contributed by atoms with Crippen LogP contribution >= 0.6 is 0 Å². The maximum atomic E-state index is 5.58. The van der Waals surface area contributed by atoms with Crippen molar-refractivity contribution in [2.45, 2.75) is 40.0 Å². The molecule has 1 aromatic rings. The van der Waals surface area contributed by atoms with E-state index in [1.807, 2.05) is 0 Å². The lowest BCUT2D eigenvalue weighted by molar-refractivity contribution is 0.351. The average molecular weight is 372 g/mol. The van der Waals surface area contributed by atoms with E-state index in [1.54, 1.807) is 14.2 Å². The Balaban J connectivity index is 2.11. The molecular weight excluding hydrogens is 338 g/mol. The van der Waals surface area contributed by atoms with Gasteiger partial charge in [-0.25, -0.2) is 4.99 Å². The summed E-state index contributed by atoms with van der Waals surface area (Å²) in [6, 6.07) is 4.14. The topological polar surface area (TPSA) is 46.1 Å². The number of aryl methyl sites for hydroxylation is 1. The molecule has 1 saturated carbocycles. The molecule has 148 valence electrons. The minimum Gasteiger partial charge on any atom is -0.493 e. The highest BCUT2D eigenvalue weighted by molar-refractivity contribution is 6.01. The van der Waals surface area contributed by atoms with Gasteiger partial charge < -0.3 is 19.7 Å². The summed E-state index contributed by atoms with van der Waals surface area (Å²) in [5.74, 6) is 3.22. The molecule has 1 saturated heterocycles. The van der Waals surface area contributed by atoms with E-state index in [-0.39, 0.29) is 0 Å². The number of amidine groups is 1. The summed E-state index contributed by atoms with van der Waals surface area (Å²) in [7, 11) is 3.37. The summed E-state index contributed by atoms with van der Waals surface area (Å²) in [6.45, 7) is 10.5. The van der Waals surface area contributed by atoms with Gasteiger partial charge in [0.1, 0.15) is 5.84 Å². The van der Waals surface area contributed by atoms with E-state index in [2.05, 4.69) is 43.1 Å². The zero-order valence-corrected chi connectivity index (χ0v) is 17.4. The number of aliphatic imine (C=N–C) groups is 1. The molecule has 2 fully saturated rings. The van der Waals surface area contributed by atoms with Crippen LogP contribution in [0.2, 0.25) is 0 Å². The smallest absolute Gasteiger partial charge is 0.161 e. The third kappa shape index (κ3) is 4.46. The lowest BCUT2D eigenvalue weighted by atomic mass is 10.0. The molecular formula is C22H33N3O2. The molecule has 3 rings (SSSR count). The van der Waals surface area contributed by atoms with Crippen LogP contribution in [0.4, 0.5) is 0 Å². The Hall–Kier alpha value is -2.01. The van der Waals surface area contributed by atoms with Crippen LogP contribution in [0.5, 0.6) is 11.5 Å². The Kier molecular flexibility index (Phi) is 6.42. The van der Waals surface area contributed by atoms with Gasteiger partial charge in [0, 0.05) is 43.4 Å². The van der Waals surface area contributed by atoms with Crippen molar-refractivity contribution in [1.82, 2.24) is 10.2 Å². The van der Waals surface area contributed by atoms with Gasteiger partial charge in [0.2, 0.25) is 0 Å². The van der Waals surface area contributed by atoms with E-state index >= 15 is 0 Å². The summed E-state index contributed by atoms with van der Waals surface area (Å²) >= 11 is 0. The van der Waals surface area contributed by atoms with Crippen LogP contribution in [-0.2, 0) is 0 Å². The summed E-state index contributed by atoms with van der Waals surface area (Å²) < 4.78 is 11.1. The fourth-order valence-electron chi connectivity index (χ4n) is 3.59. The number of hydrogen-bond donors (Lipinski definition) is 1. The minimum absolute atomic E-state index is 0.628. The van der Waals surface area contributed by atoms with Crippen LogP contribution in [0.1, 0.15) is 44.2 Å². The fourth-order valence-corrected chi connectivity index (χ4v) is 3.59. The van der Waals surface area contributed by atoms with Crippen molar-refractivity contribution in [2.75, 3.05) is 40.4 Å². The number of ether oxygens (including phenoxy) is 2. The average Bonchev–Trinajstić information content (AvgIpc) is 3.54. The molecule has 0 unspecified atom stereocenters. The number of benzene rings is 1. The molecule has 0 amide bonds. The number of nitrogens with one attached hydrogen (secondary N) is 1. The molecule has 1 aliphatic heterocycles. The lowest BCUT2D eigenvalue weighted by Gasteiger charge is -2.32. The minimum atomic E-state index is 0.628. The third-order valence-corrected chi connectivity index (χ3v) is 5.55. The Morgan fingerprint density at radius 1 is 1.15 bits per heavy atom. The predicted molar refractivity (Wildman–Crippen MR) is 111 cm³/mol. The number of hydrogen-bond acceptors (Lipinski definition) is 4. The van der Waals surface area contributed by atoms with Gasteiger partial charge in [-0.1, -0.05) is 12.5 Å². The van der Waals surface area contributed by atoms with Gasteiger partial charge in [-0.15, -0.1) is 0 Å². The predicted octanol–water partition coefficient (Wildman–Crippen LogP) is 3.76. The standard InChI is InChI=1S/C22H33N3O2/c1-6-15(2)21(17-7-8-17)24-22(25-11-9-23-10-12-25)18-14-20(27-5)19(26-4)13-16(18)3/h13-14,17,23H,6-12H2,1-5H3. The van der Waals surface area contributed by atoms with E-state index in [0.717, 1.165) is 61.1 Å². The molecule has 0 radical (unpaired) electrons. The van der Waals surface area contributed by atoms with Crippen molar-refractivity contribution >= 4 is 5.84 Å². The molecule has 1 heterocycles. The highest BCUT2D eigenvalue weighted by atomic mass is 16.5. The fraction of sp³-hybridized carbons (Fsp3) is 0.591. The molecule has 2 aliphatic rings. The number of piperazine rings is 1. The second-order valence-corrected chi connectivity index (χ2v) is 7.49. The SMILES string of the molecule is CCC(C)=C(N=C(c1cc(OC)c(OC)cc1C)N1CCNCC1)C1CC1. The normalized spacial score (nSPS) is 19.0. The zero-order chi connectivity index (χ0) is 19.4. The highest BCUT2D eigenvalue weighted by Gasteiger charge is 2.29. The molecule has 0 aromatic heterocycles. The van der Waals surface area contributed by atoms with Gasteiger partial charge in [-0.3, -0.25) is 0 Å². The summed E-state index contributed by atoms with van der Waals surface area (Å²) in [5, 5.41) is 3.45. The first kappa shape index (κ1) is 19.7. The third-order valence-electron chi connectivity index (χ3n) is 5.55. The first-order valence-corrected chi connectivity index (χ1v) is 10.1. The molecule has 5 heteroatoms. The van der Waals surface area contributed by atoms with Crippen LogP contribution < -0.4 is 14.8 Å². The van der Waals surface area contributed by atoms with Crippen LogP contribution in [0, 0.1) is 12.8 Å². The Morgan fingerprint density at radius 2 is 1.78 bits per heavy atom. The largest absolute Gasteiger partial charge is 0.493 e. The number of nitrogens with zero attached hydrogens (tertiary/aromatic N) is 2. The van der Waals surface area contributed by atoms with Crippen LogP contribution in [-0.4, -0.2) is 51.1 Å². The molecule has 0 bridgehead atoms. The van der Waals surface area contributed by atoms with E-state index in [9.17, 15) is 0 Å². The van der Waals surface area contributed by atoms with Gasteiger partial charge in [0.15, 0.2) is 11.5 Å². The molecule has 5 nitrogen and oxygen atoms in total. The molecule has 27 heavy (non-hydrogen) atoms. The van der Waals surface area contributed by atoms with Crippen molar-refractivity contribution < 1.29 is 9.47 Å². The quantitative estimate of drug-likeness (QED) is 0.611. The first-order valence-electron chi connectivity index (χ1n) is 10.1. The lowest BCUT2D eigenvalue weighted by Crippen LogP contribution is -2.47.